The van der Waals surface area contributed by atoms with Crippen LogP contribution in [0.2, 0.25) is 0 Å². The van der Waals surface area contributed by atoms with Crippen LogP contribution in [-0.2, 0) is 16.0 Å². The van der Waals surface area contributed by atoms with E-state index in [0.717, 1.165) is 22.1 Å². The number of carbonyl (C=O) groups is 2. The van der Waals surface area contributed by atoms with Gasteiger partial charge in [-0.15, -0.1) is 0 Å². The number of aliphatic carboxylic acids is 1. The van der Waals surface area contributed by atoms with Gasteiger partial charge in [0.25, 0.3) is 5.91 Å². The molecular weight excluding hydrogens is 424 g/mol. The number of hydrogen-bond donors (Lipinski definition) is 2. The molecule has 6 nitrogen and oxygen atoms in total. The van der Waals surface area contributed by atoms with Crippen molar-refractivity contribution in [2.45, 2.75) is 26.4 Å². The molecule has 7 heteroatoms. The summed E-state index contributed by atoms with van der Waals surface area (Å²) in [6.45, 7) is 3.99. The lowest BCUT2D eigenvalue weighted by Crippen LogP contribution is -2.19. The fraction of sp³-hybridized carbons (Fsp3) is 0.160. The highest BCUT2D eigenvalue weighted by Crippen LogP contribution is 2.29. The first-order valence-corrected chi connectivity index (χ1v) is 11.0. The van der Waals surface area contributed by atoms with E-state index in [1.54, 1.807) is 24.3 Å². The third-order valence-corrected chi connectivity index (χ3v) is 5.59. The van der Waals surface area contributed by atoms with Crippen LogP contribution in [0, 0.1) is 0 Å². The average molecular weight is 447 g/mol. The topological polar surface area (TPSA) is 88.0 Å². The predicted molar refractivity (Wildman–Crippen MR) is 128 cm³/mol. The first-order valence-electron chi connectivity index (χ1n) is 10.2. The molecule has 4 rings (SSSR count). The molecule has 1 aliphatic heterocycles. The minimum atomic E-state index is -0.879. The Morgan fingerprint density at radius 2 is 1.81 bits per heavy atom. The number of fused-ring (bicyclic) bond motifs is 1. The minimum absolute atomic E-state index is 0.0347. The summed E-state index contributed by atoms with van der Waals surface area (Å²) in [5.74, 6) is -0.242. The van der Waals surface area contributed by atoms with E-state index in [4.69, 9.17) is 9.84 Å². The maximum absolute atomic E-state index is 12.4. The van der Waals surface area contributed by atoms with E-state index < -0.39 is 5.97 Å². The highest BCUT2D eigenvalue weighted by Gasteiger charge is 2.23. The van der Waals surface area contributed by atoms with Gasteiger partial charge < -0.3 is 15.2 Å². The highest BCUT2D eigenvalue weighted by atomic mass is 32.2. The van der Waals surface area contributed by atoms with E-state index in [1.807, 2.05) is 56.3 Å². The van der Waals surface area contributed by atoms with Crippen LogP contribution in [0.4, 0.5) is 5.69 Å². The standard InChI is InChI=1S/C25H22N2O4S/c1-15(2)31-21-10-7-18-11-17(3-6-19(18)14-21)12-22-24(30)27-25(32-22)26-20-8-4-16(5-9-20)13-23(28)29/h3-12,14-15H,13H2,1-2H3,(H,28,29)(H,26,27,30)/b22-12-. The number of amidine groups is 1. The second kappa shape index (κ2) is 9.28. The summed E-state index contributed by atoms with van der Waals surface area (Å²) in [4.78, 5) is 28.2. The Bertz CT molecular complexity index is 1250. The van der Waals surface area contributed by atoms with Crippen LogP contribution in [-0.4, -0.2) is 28.3 Å². The number of nitrogens with one attached hydrogen (secondary N) is 1. The van der Waals surface area contributed by atoms with Crippen LogP contribution < -0.4 is 10.1 Å². The third-order valence-electron chi connectivity index (χ3n) is 4.68. The number of carboxylic acids is 1. The Balaban J connectivity index is 1.50. The summed E-state index contributed by atoms with van der Waals surface area (Å²) in [5.41, 5.74) is 2.27. The zero-order chi connectivity index (χ0) is 22.7. The van der Waals surface area contributed by atoms with Crippen LogP contribution in [0.5, 0.6) is 5.75 Å². The lowest BCUT2D eigenvalue weighted by Gasteiger charge is -2.10. The molecule has 0 saturated carbocycles. The molecular formula is C25H22N2O4S. The molecule has 0 aliphatic carbocycles. The number of rotatable bonds is 6. The minimum Gasteiger partial charge on any atom is -0.491 e. The van der Waals surface area contributed by atoms with E-state index in [1.165, 1.54) is 11.8 Å². The lowest BCUT2D eigenvalue weighted by molar-refractivity contribution is -0.136. The Morgan fingerprint density at radius 1 is 1.09 bits per heavy atom. The van der Waals surface area contributed by atoms with Gasteiger partial charge in [0, 0.05) is 0 Å². The average Bonchev–Trinajstić information content (AvgIpc) is 3.07. The van der Waals surface area contributed by atoms with Crippen molar-refractivity contribution in [1.29, 1.82) is 0 Å². The monoisotopic (exact) mass is 446 g/mol. The van der Waals surface area contributed by atoms with Gasteiger partial charge in [-0.3, -0.25) is 9.59 Å². The van der Waals surface area contributed by atoms with Crippen LogP contribution in [0.25, 0.3) is 16.8 Å². The smallest absolute Gasteiger partial charge is 0.307 e. The number of carboxylic acid groups (broad SMARTS) is 1. The summed E-state index contributed by atoms with van der Waals surface area (Å²) < 4.78 is 5.75. The van der Waals surface area contributed by atoms with Gasteiger partial charge in [-0.1, -0.05) is 30.3 Å². The lowest BCUT2D eigenvalue weighted by atomic mass is 10.1. The molecule has 3 aromatic rings. The van der Waals surface area contributed by atoms with Crippen LogP contribution in [0.1, 0.15) is 25.0 Å². The van der Waals surface area contributed by atoms with Crippen molar-refractivity contribution in [2.24, 2.45) is 4.99 Å². The molecule has 1 heterocycles. The number of carbonyl (C=O) groups excluding carboxylic acids is 1. The quantitative estimate of drug-likeness (QED) is 0.512. The zero-order valence-electron chi connectivity index (χ0n) is 17.7. The molecule has 1 aliphatic rings. The van der Waals surface area contributed by atoms with Crippen LogP contribution >= 0.6 is 11.8 Å². The van der Waals surface area contributed by atoms with Crippen LogP contribution in [0.3, 0.4) is 0 Å². The van der Waals surface area contributed by atoms with E-state index in [9.17, 15) is 9.59 Å². The summed E-state index contributed by atoms with van der Waals surface area (Å²) >= 11 is 1.27. The van der Waals surface area contributed by atoms with Crippen molar-refractivity contribution in [2.75, 3.05) is 0 Å². The third kappa shape index (κ3) is 5.36. The number of ether oxygens (including phenoxy) is 1. The van der Waals surface area contributed by atoms with Gasteiger partial charge in [0.05, 0.1) is 23.1 Å². The summed E-state index contributed by atoms with van der Waals surface area (Å²) in [5, 5.41) is 14.3. The molecule has 0 unspecified atom stereocenters. The van der Waals surface area contributed by atoms with E-state index in [0.29, 0.717) is 21.3 Å². The molecule has 2 N–H and O–H groups in total. The maximum atomic E-state index is 12.4. The molecule has 0 spiro atoms. The Labute approximate surface area is 190 Å². The van der Waals surface area contributed by atoms with Gasteiger partial charge in [-0.05, 0) is 83.9 Å². The van der Waals surface area contributed by atoms with Gasteiger partial charge in [-0.25, -0.2) is 4.99 Å². The first-order chi connectivity index (χ1) is 15.4. The largest absolute Gasteiger partial charge is 0.491 e. The van der Waals surface area contributed by atoms with E-state index in [2.05, 4.69) is 10.3 Å². The highest BCUT2D eigenvalue weighted by molar-refractivity contribution is 8.18. The van der Waals surface area contributed by atoms with Gasteiger partial charge in [0.1, 0.15) is 5.75 Å². The van der Waals surface area contributed by atoms with Crippen molar-refractivity contribution in [3.05, 3.63) is 76.7 Å². The molecule has 1 amide bonds. The second-order valence-corrected chi connectivity index (χ2v) is 8.68. The van der Waals surface area contributed by atoms with Gasteiger partial charge in [0.15, 0.2) is 5.17 Å². The van der Waals surface area contributed by atoms with Gasteiger partial charge >= 0.3 is 5.97 Å². The fourth-order valence-corrected chi connectivity index (χ4v) is 4.13. The van der Waals surface area contributed by atoms with Crippen molar-refractivity contribution in [3.8, 4) is 5.75 Å². The summed E-state index contributed by atoms with van der Waals surface area (Å²) in [6.07, 6.45) is 1.93. The molecule has 1 saturated heterocycles. The normalized spacial score (nSPS) is 16.2. The summed E-state index contributed by atoms with van der Waals surface area (Å²) in [6, 6.07) is 18.9. The van der Waals surface area contributed by atoms with Crippen molar-refractivity contribution in [3.63, 3.8) is 0 Å². The Kier molecular flexibility index (Phi) is 6.28. The molecule has 32 heavy (non-hydrogen) atoms. The Morgan fingerprint density at radius 3 is 2.53 bits per heavy atom. The predicted octanol–water partition coefficient (Wildman–Crippen LogP) is 5.15. The molecule has 3 aromatic carbocycles. The zero-order valence-corrected chi connectivity index (χ0v) is 18.5. The molecule has 0 radical (unpaired) electrons. The van der Waals surface area contributed by atoms with Gasteiger partial charge in [-0.2, -0.15) is 0 Å². The number of nitrogens with zero attached hydrogens (tertiary/aromatic N) is 1. The first kappa shape index (κ1) is 21.6. The molecule has 0 aromatic heterocycles. The number of amides is 1. The summed E-state index contributed by atoms with van der Waals surface area (Å²) in [7, 11) is 0. The number of aliphatic imine (C=N–C) groups is 1. The number of benzene rings is 3. The van der Waals surface area contributed by atoms with E-state index in [-0.39, 0.29) is 18.4 Å². The molecule has 0 bridgehead atoms. The van der Waals surface area contributed by atoms with Crippen molar-refractivity contribution >= 4 is 51.3 Å². The fourth-order valence-electron chi connectivity index (χ4n) is 3.29. The SMILES string of the molecule is CC(C)Oc1ccc2cc(/C=C3\SC(=Nc4ccc(CC(=O)O)cc4)NC3=O)ccc2c1. The number of thioether (sulfide) groups is 1. The van der Waals surface area contributed by atoms with Crippen molar-refractivity contribution in [1.82, 2.24) is 5.32 Å². The second-order valence-electron chi connectivity index (χ2n) is 7.65. The van der Waals surface area contributed by atoms with Gasteiger partial charge in [0.2, 0.25) is 0 Å². The maximum Gasteiger partial charge on any atom is 0.307 e. The molecule has 162 valence electrons. The Hall–Kier alpha value is -3.58. The van der Waals surface area contributed by atoms with E-state index >= 15 is 0 Å². The number of hydrogen-bond acceptors (Lipinski definition) is 5. The molecule has 0 atom stereocenters. The van der Waals surface area contributed by atoms with Crippen molar-refractivity contribution < 1.29 is 19.4 Å². The molecule has 1 fully saturated rings. The van der Waals surface area contributed by atoms with Crippen LogP contribution in [0.15, 0.2) is 70.6 Å².